The maximum absolute atomic E-state index is 14.2. The van der Waals surface area contributed by atoms with Crippen molar-refractivity contribution >= 4 is 21.9 Å². The molecule has 1 aliphatic heterocycles. The van der Waals surface area contributed by atoms with Crippen molar-refractivity contribution in [3.8, 4) is 0 Å². The molecule has 0 bridgehead atoms. The molecule has 1 heterocycles. The SMILES string of the molecule is CCc1ccc(C(C=[N+](C)C)CC2CC2C)cc1S(=O)(=O)N1CCCc2cccc(CC)c21. The molecule has 0 spiro atoms. The van der Waals surface area contributed by atoms with Crippen molar-refractivity contribution in [2.75, 3.05) is 24.9 Å². The molecule has 0 amide bonds. The molecule has 2 aromatic rings. The van der Waals surface area contributed by atoms with Gasteiger partial charge in [0.1, 0.15) is 20.3 Å². The van der Waals surface area contributed by atoms with Crippen LogP contribution in [0.1, 0.15) is 68.2 Å². The lowest BCUT2D eigenvalue weighted by atomic mass is 9.93. The zero-order chi connectivity index (χ0) is 23.8. The molecule has 1 fully saturated rings. The zero-order valence-corrected chi connectivity index (χ0v) is 21.7. The second-order valence-electron chi connectivity index (χ2n) is 10.1. The lowest BCUT2D eigenvalue weighted by molar-refractivity contribution is -0.461. The molecular weight excluding hydrogens is 428 g/mol. The number of anilines is 1. The van der Waals surface area contributed by atoms with Gasteiger partial charge in [0.25, 0.3) is 10.0 Å². The number of para-hydroxylation sites is 1. The Morgan fingerprint density at radius 2 is 1.85 bits per heavy atom. The number of rotatable bonds is 8. The number of aryl methyl sites for hydroxylation is 3. The van der Waals surface area contributed by atoms with Crippen molar-refractivity contribution in [2.45, 2.75) is 70.1 Å². The summed E-state index contributed by atoms with van der Waals surface area (Å²) in [6.07, 6.45) is 7.93. The third-order valence-corrected chi connectivity index (χ3v) is 9.30. The minimum absolute atomic E-state index is 0.231. The Bertz CT molecular complexity index is 1130. The summed E-state index contributed by atoms with van der Waals surface area (Å²) >= 11 is 0. The number of hydrogen-bond donors (Lipinski definition) is 0. The van der Waals surface area contributed by atoms with Crippen LogP contribution in [0.3, 0.4) is 0 Å². The van der Waals surface area contributed by atoms with Gasteiger partial charge in [0, 0.05) is 6.54 Å². The van der Waals surface area contributed by atoms with Gasteiger partial charge in [0.05, 0.1) is 16.5 Å². The van der Waals surface area contributed by atoms with E-state index < -0.39 is 10.0 Å². The van der Waals surface area contributed by atoms with E-state index in [1.165, 1.54) is 6.42 Å². The van der Waals surface area contributed by atoms with Crippen LogP contribution in [0.4, 0.5) is 5.69 Å². The summed E-state index contributed by atoms with van der Waals surface area (Å²) in [5.41, 5.74) is 5.20. The Hall–Kier alpha value is -2.14. The Labute approximate surface area is 200 Å². The first kappa shape index (κ1) is 24.0. The molecule has 0 aromatic heterocycles. The van der Waals surface area contributed by atoms with Gasteiger partial charge in [0.2, 0.25) is 0 Å². The van der Waals surface area contributed by atoms with Crippen molar-refractivity contribution in [3.63, 3.8) is 0 Å². The van der Waals surface area contributed by atoms with Gasteiger partial charge in [0.15, 0.2) is 0 Å². The maximum Gasteiger partial charge on any atom is 0.264 e. The highest BCUT2D eigenvalue weighted by Crippen LogP contribution is 2.44. The maximum atomic E-state index is 14.2. The Kier molecular flexibility index (Phi) is 6.99. The summed E-state index contributed by atoms with van der Waals surface area (Å²) < 4.78 is 32.2. The normalized spacial score (nSPS) is 20.8. The molecule has 3 unspecified atom stereocenters. The predicted molar refractivity (Wildman–Crippen MR) is 137 cm³/mol. The number of sulfonamides is 1. The average molecular weight is 468 g/mol. The molecule has 4 rings (SSSR count). The van der Waals surface area contributed by atoms with E-state index in [-0.39, 0.29) is 5.92 Å². The van der Waals surface area contributed by atoms with Crippen LogP contribution in [0, 0.1) is 11.8 Å². The summed E-state index contributed by atoms with van der Waals surface area (Å²) in [7, 11) is 0.455. The predicted octanol–water partition coefficient (Wildman–Crippen LogP) is 5.43. The fraction of sp³-hybridized carbons (Fsp3) is 0.536. The number of nitrogens with zero attached hydrogens (tertiary/aromatic N) is 2. The Morgan fingerprint density at radius 3 is 2.48 bits per heavy atom. The minimum Gasteiger partial charge on any atom is -0.266 e. The minimum atomic E-state index is -3.65. The van der Waals surface area contributed by atoms with E-state index in [4.69, 9.17) is 0 Å². The molecule has 0 N–H and O–H groups in total. The average Bonchev–Trinajstić information content (AvgIpc) is 3.51. The van der Waals surface area contributed by atoms with E-state index in [9.17, 15) is 8.42 Å². The van der Waals surface area contributed by atoms with E-state index in [0.717, 1.165) is 65.5 Å². The van der Waals surface area contributed by atoms with E-state index in [1.807, 2.05) is 19.1 Å². The summed E-state index contributed by atoms with van der Waals surface area (Å²) in [4.78, 5) is 0.488. The first-order valence-corrected chi connectivity index (χ1v) is 14.0. The van der Waals surface area contributed by atoms with Crippen molar-refractivity contribution in [3.05, 3.63) is 58.7 Å². The zero-order valence-electron chi connectivity index (χ0n) is 20.8. The number of benzene rings is 2. The van der Waals surface area contributed by atoms with Crippen molar-refractivity contribution in [1.29, 1.82) is 0 Å². The second kappa shape index (κ2) is 9.61. The lowest BCUT2D eigenvalue weighted by Crippen LogP contribution is -2.37. The van der Waals surface area contributed by atoms with Gasteiger partial charge >= 0.3 is 0 Å². The van der Waals surface area contributed by atoms with Gasteiger partial charge in [-0.15, -0.1) is 0 Å². The van der Waals surface area contributed by atoms with Crippen molar-refractivity contribution in [2.24, 2.45) is 11.8 Å². The fourth-order valence-electron chi connectivity index (χ4n) is 5.37. The molecule has 178 valence electrons. The molecule has 4 nitrogen and oxygen atoms in total. The summed E-state index contributed by atoms with van der Waals surface area (Å²) in [5, 5.41) is 0. The van der Waals surface area contributed by atoms with Crippen LogP contribution in [-0.4, -0.2) is 39.8 Å². The van der Waals surface area contributed by atoms with Gasteiger partial charge in [-0.25, -0.2) is 13.0 Å². The number of hydrogen-bond acceptors (Lipinski definition) is 2. The second-order valence-corrected chi connectivity index (χ2v) is 11.9. The molecular formula is C28H39N2O2S+. The fourth-order valence-corrected chi connectivity index (χ4v) is 7.28. The van der Waals surface area contributed by atoms with E-state index in [2.05, 4.69) is 63.0 Å². The molecule has 0 radical (unpaired) electrons. The molecule has 0 saturated heterocycles. The van der Waals surface area contributed by atoms with Gasteiger partial charge in [-0.2, -0.15) is 0 Å². The highest BCUT2D eigenvalue weighted by molar-refractivity contribution is 7.92. The summed E-state index contributed by atoms with van der Waals surface area (Å²) in [5.74, 6) is 1.74. The van der Waals surface area contributed by atoms with E-state index in [0.29, 0.717) is 17.9 Å². The Balaban J connectivity index is 1.79. The molecule has 1 aliphatic carbocycles. The van der Waals surface area contributed by atoms with Gasteiger partial charge < -0.3 is 0 Å². The van der Waals surface area contributed by atoms with Crippen molar-refractivity contribution < 1.29 is 13.0 Å². The molecule has 5 heteroatoms. The Morgan fingerprint density at radius 1 is 1.12 bits per heavy atom. The topological polar surface area (TPSA) is 40.4 Å². The highest BCUT2D eigenvalue weighted by Gasteiger charge is 2.36. The first-order chi connectivity index (χ1) is 15.8. The molecule has 33 heavy (non-hydrogen) atoms. The molecule has 2 aliphatic rings. The van der Waals surface area contributed by atoms with Crippen LogP contribution in [-0.2, 0) is 29.3 Å². The monoisotopic (exact) mass is 467 g/mol. The number of fused-ring (bicyclic) bond motifs is 1. The first-order valence-electron chi connectivity index (χ1n) is 12.5. The third kappa shape index (κ3) is 4.89. The van der Waals surface area contributed by atoms with Crippen LogP contribution < -0.4 is 4.31 Å². The van der Waals surface area contributed by atoms with Crippen LogP contribution in [0.5, 0.6) is 0 Å². The summed E-state index contributed by atoms with van der Waals surface area (Å²) in [6, 6.07) is 12.4. The van der Waals surface area contributed by atoms with E-state index >= 15 is 0 Å². The molecule has 3 atom stereocenters. The summed E-state index contributed by atoms with van der Waals surface area (Å²) in [6.45, 7) is 7.01. The van der Waals surface area contributed by atoms with E-state index in [1.54, 1.807) is 4.31 Å². The lowest BCUT2D eigenvalue weighted by Gasteiger charge is -2.33. The van der Waals surface area contributed by atoms with Gasteiger partial charge in [-0.05, 0) is 78.7 Å². The smallest absolute Gasteiger partial charge is 0.264 e. The molecule has 1 saturated carbocycles. The quantitative estimate of drug-likeness (QED) is 0.384. The molecule has 2 aromatic carbocycles. The van der Waals surface area contributed by atoms with Gasteiger partial charge in [-0.1, -0.05) is 51.1 Å². The van der Waals surface area contributed by atoms with Crippen LogP contribution >= 0.6 is 0 Å². The van der Waals surface area contributed by atoms with Crippen molar-refractivity contribution in [1.82, 2.24) is 0 Å². The third-order valence-electron chi connectivity index (χ3n) is 7.42. The standard InChI is InChI=1S/C28H39N2O2S/c1-6-21-13-14-24(26(19-29(4)5)17-25-16-20(25)3)18-27(21)33(31,32)30-15-9-12-23-11-8-10-22(7-2)28(23)30/h8,10-11,13-14,18-20,25-26H,6-7,9,12,15-17H2,1-5H3/q+1. The van der Waals surface area contributed by atoms with Crippen LogP contribution in [0.15, 0.2) is 41.3 Å². The largest absolute Gasteiger partial charge is 0.266 e. The van der Waals surface area contributed by atoms with Gasteiger partial charge in [-0.3, -0.25) is 4.31 Å². The highest BCUT2D eigenvalue weighted by atomic mass is 32.2. The van der Waals surface area contributed by atoms with Crippen LogP contribution in [0.25, 0.3) is 0 Å². The van der Waals surface area contributed by atoms with Crippen LogP contribution in [0.2, 0.25) is 0 Å².